The Morgan fingerprint density at radius 2 is 1.96 bits per heavy atom. The highest BCUT2D eigenvalue weighted by atomic mass is 32.1. The SMILES string of the molecule is O=[N+]([O-])c1ccc(/C=N\n2c(C34CC5CC(CC(C5)C3)C4)n[nH]c2=S)o1. The van der Waals surface area contributed by atoms with Crippen LogP contribution in [-0.2, 0) is 5.41 Å². The van der Waals surface area contributed by atoms with Crippen LogP contribution in [0.25, 0.3) is 0 Å². The third-order valence-corrected chi connectivity index (χ3v) is 6.52. The summed E-state index contributed by atoms with van der Waals surface area (Å²) in [6, 6.07) is 2.84. The quantitative estimate of drug-likeness (QED) is 0.380. The molecule has 0 aromatic carbocycles. The first-order valence-corrected chi connectivity index (χ1v) is 9.40. The van der Waals surface area contributed by atoms with Crippen molar-refractivity contribution in [2.45, 2.75) is 43.9 Å². The summed E-state index contributed by atoms with van der Waals surface area (Å²) in [5.74, 6) is 3.28. The Bertz CT molecular complexity index is 920. The Morgan fingerprint density at radius 3 is 2.54 bits per heavy atom. The van der Waals surface area contributed by atoms with Crippen molar-refractivity contribution in [2.24, 2.45) is 22.9 Å². The van der Waals surface area contributed by atoms with Gasteiger partial charge in [0.2, 0.25) is 4.77 Å². The molecule has 136 valence electrons. The van der Waals surface area contributed by atoms with Crippen molar-refractivity contribution in [3.8, 4) is 0 Å². The molecule has 4 bridgehead atoms. The normalized spacial score (nSPS) is 32.5. The van der Waals surface area contributed by atoms with Crippen molar-refractivity contribution in [2.75, 3.05) is 0 Å². The largest absolute Gasteiger partial charge is 0.433 e. The van der Waals surface area contributed by atoms with Crippen molar-refractivity contribution < 1.29 is 9.34 Å². The fraction of sp³-hybridized carbons (Fsp3) is 0.588. The number of nitro groups is 1. The van der Waals surface area contributed by atoms with Crippen molar-refractivity contribution in [1.82, 2.24) is 14.9 Å². The number of aromatic nitrogens is 3. The zero-order valence-electron chi connectivity index (χ0n) is 14.1. The van der Waals surface area contributed by atoms with Gasteiger partial charge in [-0.1, -0.05) is 0 Å². The summed E-state index contributed by atoms with van der Waals surface area (Å²) in [6.45, 7) is 0. The van der Waals surface area contributed by atoms with Gasteiger partial charge in [-0.05, 0) is 74.6 Å². The molecule has 0 spiro atoms. The smallest absolute Gasteiger partial charge is 0.400 e. The van der Waals surface area contributed by atoms with Gasteiger partial charge in [0, 0.05) is 5.41 Å². The van der Waals surface area contributed by atoms with Crippen molar-refractivity contribution >= 4 is 24.3 Å². The maximum absolute atomic E-state index is 10.7. The molecule has 4 saturated carbocycles. The lowest BCUT2D eigenvalue weighted by atomic mass is 9.49. The fourth-order valence-electron chi connectivity index (χ4n) is 5.75. The van der Waals surface area contributed by atoms with Crippen molar-refractivity contribution in [3.05, 3.63) is 38.6 Å². The number of hydrogen-bond donors (Lipinski definition) is 1. The lowest BCUT2D eigenvalue weighted by molar-refractivity contribution is -0.402. The van der Waals surface area contributed by atoms with Gasteiger partial charge in [-0.15, -0.1) is 0 Å². The van der Waals surface area contributed by atoms with E-state index in [1.54, 1.807) is 4.68 Å². The zero-order valence-corrected chi connectivity index (χ0v) is 14.9. The van der Waals surface area contributed by atoms with Crippen LogP contribution in [0.3, 0.4) is 0 Å². The lowest BCUT2D eigenvalue weighted by Gasteiger charge is -2.55. The fourth-order valence-corrected chi connectivity index (χ4v) is 5.93. The van der Waals surface area contributed by atoms with Gasteiger partial charge in [0.1, 0.15) is 4.92 Å². The summed E-state index contributed by atoms with van der Waals surface area (Å²) >= 11 is 5.38. The molecular formula is C17H19N5O3S. The molecule has 0 amide bonds. The Morgan fingerprint density at radius 1 is 1.31 bits per heavy atom. The molecule has 4 aliphatic rings. The molecule has 2 aromatic rings. The second-order valence-corrected chi connectivity index (χ2v) is 8.43. The second-order valence-electron chi connectivity index (χ2n) is 8.04. The summed E-state index contributed by atoms with van der Waals surface area (Å²) in [5.41, 5.74) is 0.0504. The van der Waals surface area contributed by atoms with E-state index in [9.17, 15) is 10.1 Å². The molecule has 2 aromatic heterocycles. The van der Waals surface area contributed by atoms with E-state index < -0.39 is 4.92 Å². The molecule has 4 aliphatic carbocycles. The second kappa shape index (κ2) is 5.60. The number of nitrogens with one attached hydrogen (secondary N) is 1. The first-order chi connectivity index (χ1) is 12.5. The summed E-state index contributed by atoms with van der Waals surface area (Å²) in [4.78, 5) is 10.2. The van der Waals surface area contributed by atoms with Crippen LogP contribution in [0, 0.1) is 32.6 Å². The van der Waals surface area contributed by atoms with E-state index in [1.807, 2.05) is 0 Å². The van der Waals surface area contributed by atoms with Crippen LogP contribution >= 0.6 is 12.2 Å². The molecule has 0 radical (unpaired) electrons. The van der Waals surface area contributed by atoms with E-state index in [1.165, 1.54) is 37.6 Å². The van der Waals surface area contributed by atoms with Gasteiger partial charge in [-0.3, -0.25) is 15.2 Å². The average molecular weight is 373 g/mol. The van der Waals surface area contributed by atoms with Gasteiger partial charge in [0.25, 0.3) is 0 Å². The van der Waals surface area contributed by atoms with E-state index in [0.717, 1.165) is 42.8 Å². The summed E-state index contributed by atoms with van der Waals surface area (Å²) in [7, 11) is 0. The summed E-state index contributed by atoms with van der Waals surface area (Å²) in [6.07, 6.45) is 8.97. The number of aromatic amines is 1. The molecule has 8 nitrogen and oxygen atoms in total. The minimum absolute atomic E-state index is 0.0504. The van der Waals surface area contributed by atoms with Gasteiger partial charge < -0.3 is 4.42 Å². The van der Waals surface area contributed by atoms with Crippen LogP contribution in [0.15, 0.2) is 21.7 Å². The molecule has 4 fully saturated rings. The zero-order chi connectivity index (χ0) is 17.9. The highest BCUT2D eigenvalue weighted by molar-refractivity contribution is 7.71. The van der Waals surface area contributed by atoms with Crippen LogP contribution in [0.5, 0.6) is 0 Å². The van der Waals surface area contributed by atoms with Gasteiger partial charge in [-0.25, -0.2) is 0 Å². The van der Waals surface area contributed by atoms with E-state index in [-0.39, 0.29) is 11.3 Å². The number of nitrogens with zero attached hydrogens (tertiary/aromatic N) is 4. The van der Waals surface area contributed by atoms with E-state index in [0.29, 0.717) is 10.5 Å². The van der Waals surface area contributed by atoms with Crippen LogP contribution < -0.4 is 0 Å². The van der Waals surface area contributed by atoms with E-state index in [4.69, 9.17) is 16.6 Å². The predicted molar refractivity (Wildman–Crippen MR) is 95.6 cm³/mol. The van der Waals surface area contributed by atoms with Gasteiger partial charge in [0.05, 0.1) is 12.3 Å². The third kappa shape index (κ3) is 2.45. The first kappa shape index (κ1) is 15.9. The topological polar surface area (TPSA) is 102 Å². The predicted octanol–water partition coefficient (Wildman–Crippen LogP) is 3.79. The molecule has 0 saturated heterocycles. The Balaban J connectivity index is 1.49. The number of hydrogen-bond acceptors (Lipinski definition) is 6. The number of rotatable bonds is 4. The van der Waals surface area contributed by atoms with Crippen LogP contribution in [0.2, 0.25) is 0 Å². The molecular weight excluding hydrogens is 354 g/mol. The number of H-pyrrole nitrogens is 1. The summed E-state index contributed by atoms with van der Waals surface area (Å²) in [5, 5.41) is 22.6. The average Bonchev–Trinajstić information content (AvgIpc) is 3.18. The molecule has 9 heteroatoms. The van der Waals surface area contributed by atoms with Crippen LogP contribution in [0.1, 0.15) is 50.1 Å². The van der Waals surface area contributed by atoms with Crippen LogP contribution in [0.4, 0.5) is 5.88 Å². The Hall–Kier alpha value is -2.29. The minimum Gasteiger partial charge on any atom is -0.400 e. The molecule has 1 N–H and O–H groups in total. The lowest BCUT2D eigenvalue weighted by Crippen LogP contribution is -2.49. The Labute approximate surface area is 154 Å². The molecule has 26 heavy (non-hydrogen) atoms. The van der Waals surface area contributed by atoms with Crippen LogP contribution in [-0.4, -0.2) is 26.0 Å². The maximum atomic E-state index is 10.7. The van der Waals surface area contributed by atoms with Crippen molar-refractivity contribution in [3.63, 3.8) is 0 Å². The minimum atomic E-state index is -0.568. The van der Waals surface area contributed by atoms with E-state index in [2.05, 4.69) is 15.3 Å². The van der Waals surface area contributed by atoms with Crippen molar-refractivity contribution in [1.29, 1.82) is 0 Å². The number of furan rings is 1. The first-order valence-electron chi connectivity index (χ1n) is 8.99. The standard InChI is InChI=1S/C17H19N5O3S/c23-22(24)14-2-1-13(25-14)9-18-21-15(19-20-16(21)26)17-6-10-3-11(7-17)5-12(4-10)8-17/h1-2,9-12H,3-8H2,(H,20,26)/b18-9-. The molecule has 0 aliphatic heterocycles. The van der Waals surface area contributed by atoms with Gasteiger partial charge in [0.15, 0.2) is 11.6 Å². The highest BCUT2D eigenvalue weighted by Gasteiger charge is 2.53. The van der Waals surface area contributed by atoms with Gasteiger partial charge >= 0.3 is 5.88 Å². The molecule has 0 atom stereocenters. The van der Waals surface area contributed by atoms with Gasteiger partial charge in [-0.2, -0.15) is 14.9 Å². The molecule has 6 rings (SSSR count). The molecule has 2 heterocycles. The van der Waals surface area contributed by atoms with E-state index >= 15 is 0 Å². The highest BCUT2D eigenvalue weighted by Crippen LogP contribution is 2.60. The Kier molecular flexibility index (Phi) is 3.43. The molecule has 0 unspecified atom stereocenters. The summed E-state index contributed by atoms with van der Waals surface area (Å²) < 4.78 is 7.26. The maximum Gasteiger partial charge on any atom is 0.433 e. The monoisotopic (exact) mass is 373 g/mol. The third-order valence-electron chi connectivity index (χ3n) is 6.26.